The van der Waals surface area contributed by atoms with Crippen molar-refractivity contribution in [3.8, 4) is 22.1 Å². The van der Waals surface area contributed by atoms with Crippen LogP contribution in [-0.2, 0) is 9.53 Å². The number of thiazole rings is 1. The van der Waals surface area contributed by atoms with Crippen LogP contribution < -0.4 is 14.8 Å². The van der Waals surface area contributed by atoms with Crippen LogP contribution in [0.3, 0.4) is 0 Å². The second kappa shape index (κ2) is 9.73. The lowest BCUT2D eigenvalue weighted by atomic mass is 10.2. The van der Waals surface area contributed by atoms with E-state index in [-0.39, 0.29) is 5.69 Å². The second-order valence-corrected chi connectivity index (χ2v) is 7.91. The monoisotopic (exact) mass is 490 g/mol. The first kappa shape index (κ1) is 21.8. The average Bonchev–Trinajstić information content (AvgIpc) is 3.24. The molecule has 0 saturated heterocycles. The average molecular weight is 491 g/mol. The number of benzene rings is 2. The molecule has 0 radical (unpaired) electrons. The van der Waals surface area contributed by atoms with Crippen LogP contribution in [0.15, 0.2) is 46.3 Å². The van der Waals surface area contributed by atoms with Crippen LogP contribution in [-0.4, -0.2) is 37.7 Å². The predicted octanol–water partition coefficient (Wildman–Crippen LogP) is 4.69. The minimum absolute atomic E-state index is 0.136. The number of methoxy groups -OCH3 is 2. The first-order valence-corrected chi connectivity index (χ1v) is 10.5. The molecular weight excluding hydrogens is 472 g/mol. The first-order chi connectivity index (χ1) is 14.4. The smallest absolute Gasteiger partial charge is 0.358 e. The number of aryl methyl sites for hydroxylation is 1. The van der Waals surface area contributed by atoms with Crippen molar-refractivity contribution >= 4 is 44.8 Å². The van der Waals surface area contributed by atoms with Gasteiger partial charge in [-0.05, 0) is 48.9 Å². The zero-order chi connectivity index (χ0) is 21.7. The van der Waals surface area contributed by atoms with Crippen molar-refractivity contribution in [2.45, 2.75) is 6.92 Å². The molecule has 0 bridgehead atoms. The first-order valence-electron chi connectivity index (χ1n) is 8.82. The molecule has 1 amide bonds. The highest BCUT2D eigenvalue weighted by Gasteiger charge is 2.16. The number of esters is 1. The van der Waals surface area contributed by atoms with Gasteiger partial charge in [0.15, 0.2) is 23.8 Å². The molecule has 1 heterocycles. The molecule has 0 spiro atoms. The molecule has 2 aromatic carbocycles. The van der Waals surface area contributed by atoms with Crippen LogP contribution in [0.5, 0.6) is 11.5 Å². The van der Waals surface area contributed by atoms with Crippen LogP contribution >= 0.6 is 27.3 Å². The van der Waals surface area contributed by atoms with E-state index in [1.165, 1.54) is 11.3 Å². The van der Waals surface area contributed by atoms with Crippen molar-refractivity contribution in [3.63, 3.8) is 0 Å². The van der Waals surface area contributed by atoms with Gasteiger partial charge in [-0.25, -0.2) is 9.78 Å². The maximum Gasteiger partial charge on any atom is 0.358 e. The Morgan fingerprint density at radius 3 is 2.57 bits per heavy atom. The third kappa shape index (κ3) is 5.17. The highest BCUT2D eigenvalue weighted by atomic mass is 79.9. The summed E-state index contributed by atoms with van der Waals surface area (Å²) in [6.45, 7) is 1.51. The van der Waals surface area contributed by atoms with Crippen molar-refractivity contribution in [2.24, 2.45) is 0 Å². The predicted molar refractivity (Wildman–Crippen MR) is 118 cm³/mol. The molecule has 3 rings (SSSR count). The van der Waals surface area contributed by atoms with Crippen molar-refractivity contribution < 1.29 is 23.8 Å². The van der Waals surface area contributed by atoms with E-state index in [2.05, 4.69) is 26.2 Å². The standard InChI is InChI=1S/C21H19BrN2O5S/c1-12-8-14(5-6-15(12)22)23-19(25)10-29-21(26)16-11-30-20(24-16)13-4-7-17(27-2)18(9-13)28-3/h4-9,11H,10H2,1-3H3,(H,23,25). The Labute approximate surface area is 186 Å². The van der Waals surface area contributed by atoms with Gasteiger partial charge in [0.1, 0.15) is 5.01 Å². The number of amides is 1. The largest absolute Gasteiger partial charge is 0.493 e. The molecule has 0 atom stereocenters. The van der Waals surface area contributed by atoms with Crippen molar-refractivity contribution in [3.05, 3.63) is 57.5 Å². The van der Waals surface area contributed by atoms with Gasteiger partial charge in [0.05, 0.1) is 14.2 Å². The fourth-order valence-corrected chi connectivity index (χ4v) is 3.63. The summed E-state index contributed by atoms with van der Waals surface area (Å²) in [5, 5.41) is 4.90. The van der Waals surface area contributed by atoms with Crippen LogP contribution in [0.1, 0.15) is 16.1 Å². The molecule has 0 aliphatic carbocycles. The third-order valence-corrected chi connectivity index (χ3v) is 5.90. The summed E-state index contributed by atoms with van der Waals surface area (Å²) in [5.41, 5.74) is 2.52. The summed E-state index contributed by atoms with van der Waals surface area (Å²) >= 11 is 4.69. The van der Waals surface area contributed by atoms with E-state index in [0.29, 0.717) is 22.2 Å². The normalized spacial score (nSPS) is 10.4. The lowest BCUT2D eigenvalue weighted by molar-refractivity contribution is -0.119. The van der Waals surface area contributed by atoms with E-state index in [1.807, 2.05) is 25.1 Å². The number of nitrogens with one attached hydrogen (secondary N) is 1. The fraction of sp³-hybridized carbons (Fsp3) is 0.190. The van der Waals surface area contributed by atoms with Crippen molar-refractivity contribution in [2.75, 3.05) is 26.1 Å². The number of hydrogen-bond donors (Lipinski definition) is 1. The van der Waals surface area contributed by atoms with E-state index >= 15 is 0 Å². The molecule has 9 heteroatoms. The molecule has 0 saturated carbocycles. The molecule has 0 fully saturated rings. The number of ether oxygens (including phenoxy) is 3. The van der Waals surface area contributed by atoms with E-state index in [0.717, 1.165) is 15.6 Å². The topological polar surface area (TPSA) is 86.8 Å². The Bertz CT molecular complexity index is 1080. The van der Waals surface area contributed by atoms with E-state index in [9.17, 15) is 9.59 Å². The van der Waals surface area contributed by atoms with Gasteiger partial charge in [-0.3, -0.25) is 4.79 Å². The number of carbonyl (C=O) groups is 2. The van der Waals surface area contributed by atoms with Gasteiger partial charge in [-0.15, -0.1) is 11.3 Å². The zero-order valence-electron chi connectivity index (χ0n) is 16.5. The molecule has 30 heavy (non-hydrogen) atoms. The highest BCUT2D eigenvalue weighted by molar-refractivity contribution is 9.10. The minimum atomic E-state index is -0.667. The number of hydrogen-bond acceptors (Lipinski definition) is 7. The van der Waals surface area contributed by atoms with Crippen molar-refractivity contribution in [1.29, 1.82) is 0 Å². The summed E-state index contributed by atoms with van der Waals surface area (Å²) in [5.74, 6) is 0.0686. The van der Waals surface area contributed by atoms with Gasteiger partial charge < -0.3 is 19.5 Å². The molecular formula is C21H19BrN2O5S. The molecule has 0 aliphatic heterocycles. The van der Waals surface area contributed by atoms with Gasteiger partial charge in [0, 0.05) is 21.1 Å². The summed E-state index contributed by atoms with van der Waals surface area (Å²) in [7, 11) is 3.11. The lowest BCUT2D eigenvalue weighted by Gasteiger charge is -2.08. The lowest BCUT2D eigenvalue weighted by Crippen LogP contribution is -2.21. The van der Waals surface area contributed by atoms with Gasteiger partial charge in [0.25, 0.3) is 5.91 Å². The van der Waals surface area contributed by atoms with Crippen LogP contribution in [0, 0.1) is 6.92 Å². The van der Waals surface area contributed by atoms with Crippen molar-refractivity contribution in [1.82, 2.24) is 4.98 Å². The highest BCUT2D eigenvalue weighted by Crippen LogP contribution is 2.33. The zero-order valence-corrected chi connectivity index (χ0v) is 18.9. The maximum atomic E-state index is 12.3. The van der Waals surface area contributed by atoms with E-state index in [4.69, 9.17) is 14.2 Å². The van der Waals surface area contributed by atoms with Crippen LogP contribution in [0.25, 0.3) is 10.6 Å². The third-order valence-electron chi connectivity index (χ3n) is 4.12. The Hall–Kier alpha value is -2.91. The van der Waals surface area contributed by atoms with Gasteiger partial charge in [0.2, 0.25) is 0 Å². The summed E-state index contributed by atoms with van der Waals surface area (Å²) in [6, 6.07) is 10.8. The Kier molecular flexibility index (Phi) is 7.07. The second-order valence-electron chi connectivity index (χ2n) is 6.20. The van der Waals surface area contributed by atoms with Gasteiger partial charge in [-0.1, -0.05) is 15.9 Å². The Balaban J connectivity index is 1.61. The number of anilines is 1. The summed E-state index contributed by atoms with van der Waals surface area (Å²) < 4.78 is 16.5. The molecule has 1 aromatic heterocycles. The number of aromatic nitrogens is 1. The molecule has 7 nitrogen and oxygen atoms in total. The molecule has 0 unspecified atom stereocenters. The number of halogens is 1. The maximum absolute atomic E-state index is 12.3. The number of rotatable bonds is 7. The van der Waals surface area contributed by atoms with Crippen LogP contribution in [0.4, 0.5) is 5.69 Å². The SMILES string of the molecule is COc1ccc(-c2nc(C(=O)OCC(=O)Nc3ccc(Br)c(C)c3)cs2)cc1OC. The number of nitrogens with zero attached hydrogens (tertiary/aromatic N) is 1. The Morgan fingerprint density at radius 2 is 1.87 bits per heavy atom. The van der Waals surface area contributed by atoms with Gasteiger partial charge in [-0.2, -0.15) is 0 Å². The fourth-order valence-electron chi connectivity index (χ4n) is 2.59. The summed E-state index contributed by atoms with van der Waals surface area (Å²) in [4.78, 5) is 28.6. The quantitative estimate of drug-likeness (QED) is 0.483. The molecule has 3 aromatic rings. The minimum Gasteiger partial charge on any atom is -0.493 e. The Morgan fingerprint density at radius 1 is 1.10 bits per heavy atom. The van der Waals surface area contributed by atoms with E-state index in [1.54, 1.807) is 37.8 Å². The van der Waals surface area contributed by atoms with Gasteiger partial charge >= 0.3 is 5.97 Å². The molecule has 1 N–H and O–H groups in total. The molecule has 156 valence electrons. The molecule has 0 aliphatic rings. The summed E-state index contributed by atoms with van der Waals surface area (Å²) in [6.07, 6.45) is 0. The van der Waals surface area contributed by atoms with Crippen LogP contribution in [0.2, 0.25) is 0 Å². The number of carbonyl (C=O) groups excluding carboxylic acids is 2. The van der Waals surface area contributed by atoms with E-state index < -0.39 is 18.5 Å².